The van der Waals surface area contributed by atoms with Crippen molar-refractivity contribution < 1.29 is 14.4 Å². The topological polar surface area (TPSA) is 73.3 Å². The van der Waals surface area contributed by atoms with Crippen molar-refractivity contribution in [3.8, 4) is 0 Å². The van der Waals surface area contributed by atoms with Crippen molar-refractivity contribution in [2.45, 2.75) is 26.7 Å². The summed E-state index contributed by atoms with van der Waals surface area (Å²) in [6, 6.07) is 5.91. The maximum atomic E-state index is 12.7. The van der Waals surface area contributed by atoms with Crippen LogP contribution in [0.25, 0.3) is 0 Å². The Hall–Kier alpha value is -3.22. The number of nitrogens with zero attached hydrogens (tertiary/aromatic N) is 4. The van der Waals surface area contributed by atoms with E-state index >= 15 is 0 Å². The van der Waals surface area contributed by atoms with Crippen LogP contribution < -0.4 is 4.90 Å². The van der Waals surface area contributed by atoms with Gasteiger partial charge in [0, 0.05) is 44.8 Å². The van der Waals surface area contributed by atoms with Gasteiger partial charge >= 0.3 is 6.03 Å². The Balaban J connectivity index is 1.26. The monoisotopic (exact) mass is 420 g/mol. The van der Waals surface area contributed by atoms with Crippen molar-refractivity contribution in [2.24, 2.45) is 10.9 Å². The molecule has 7 heteroatoms. The summed E-state index contributed by atoms with van der Waals surface area (Å²) in [5.41, 5.74) is 4.21. The summed E-state index contributed by atoms with van der Waals surface area (Å²) < 4.78 is 0. The van der Waals surface area contributed by atoms with Gasteiger partial charge in [-0.2, -0.15) is 4.99 Å². The minimum absolute atomic E-state index is 0.0715. The van der Waals surface area contributed by atoms with Crippen LogP contribution in [-0.2, 0) is 9.59 Å². The number of carbonyl (C=O) groups excluding carboxylic acids is 3. The SMILES string of the molecule is Cc1ccc(C)c(N2CCN(C(=O)CCCN3C(=O)N=C4C=CC=CC4C3=O)CC2)c1. The average molecular weight is 421 g/mol. The molecule has 2 aliphatic heterocycles. The van der Waals surface area contributed by atoms with E-state index in [0.29, 0.717) is 31.6 Å². The highest BCUT2D eigenvalue weighted by Gasteiger charge is 2.35. The van der Waals surface area contributed by atoms with Gasteiger partial charge in [0.2, 0.25) is 11.8 Å². The van der Waals surface area contributed by atoms with Crippen molar-refractivity contribution in [3.05, 3.63) is 53.6 Å². The van der Waals surface area contributed by atoms with Crippen molar-refractivity contribution in [1.29, 1.82) is 0 Å². The van der Waals surface area contributed by atoms with E-state index in [2.05, 4.69) is 41.9 Å². The summed E-state index contributed by atoms with van der Waals surface area (Å²) in [7, 11) is 0. The largest absolute Gasteiger partial charge is 0.368 e. The number of amides is 4. The number of aryl methyl sites for hydroxylation is 2. The van der Waals surface area contributed by atoms with E-state index in [1.54, 1.807) is 24.3 Å². The van der Waals surface area contributed by atoms with Gasteiger partial charge in [-0.3, -0.25) is 14.5 Å². The zero-order valence-corrected chi connectivity index (χ0v) is 18.1. The van der Waals surface area contributed by atoms with Gasteiger partial charge < -0.3 is 9.80 Å². The molecule has 1 aromatic rings. The zero-order valence-electron chi connectivity index (χ0n) is 18.1. The lowest BCUT2D eigenvalue weighted by molar-refractivity contribution is -0.133. The van der Waals surface area contributed by atoms with Gasteiger partial charge in [-0.25, -0.2) is 4.79 Å². The molecule has 1 saturated heterocycles. The molecule has 1 atom stereocenters. The molecule has 31 heavy (non-hydrogen) atoms. The Morgan fingerprint density at radius 3 is 2.65 bits per heavy atom. The molecule has 2 heterocycles. The minimum Gasteiger partial charge on any atom is -0.368 e. The first-order chi connectivity index (χ1) is 14.9. The molecule has 0 saturated carbocycles. The fourth-order valence-corrected chi connectivity index (χ4v) is 4.29. The lowest BCUT2D eigenvalue weighted by atomic mass is 9.95. The molecular weight excluding hydrogens is 392 g/mol. The first-order valence-corrected chi connectivity index (χ1v) is 10.8. The molecule has 1 fully saturated rings. The molecule has 4 amide bonds. The number of anilines is 1. The highest BCUT2D eigenvalue weighted by molar-refractivity contribution is 6.21. The van der Waals surface area contributed by atoms with Crippen LogP contribution in [0.1, 0.15) is 24.0 Å². The Labute approximate surface area is 182 Å². The van der Waals surface area contributed by atoms with Gasteiger partial charge in [-0.1, -0.05) is 30.4 Å². The van der Waals surface area contributed by atoms with Crippen LogP contribution in [0, 0.1) is 19.8 Å². The molecular formula is C24H28N4O3. The smallest absolute Gasteiger partial charge is 0.350 e. The van der Waals surface area contributed by atoms with Gasteiger partial charge in [-0.05, 0) is 43.5 Å². The second-order valence-corrected chi connectivity index (χ2v) is 8.29. The Morgan fingerprint density at radius 2 is 1.87 bits per heavy atom. The van der Waals surface area contributed by atoms with Crippen molar-refractivity contribution in [1.82, 2.24) is 9.80 Å². The van der Waals surface area contributed by atoms with Crippen molar-refractivity contribution in [2.75, 3.05) is 37.6 Å². The third-order valence-corrected chi connectivity index (χ3v) is 6.10. The molecule has 1 aromatic carbocycles. The van der Waals surface area contributed by atoms with Crippen LogP contribution in [0.2, 0.25) is 0 Å². The van der Waals surface area contributed by atoms with Gasteiger partial charge in [0.15, 0.2) is 0 Å². The van der Waals surface area contributed by atoms with Gasteiger partial charge in [0.1, 0.15) is 0 Å². The number of fused-ring (bicyclic) bond motifs is 1. The lowest BCUT2D eigenvalue weighted by Gasteiger charge is -2.37. The maximum absolute atomic E-state index is 12.7. The first-order valence-electron chi connectivity index (χ1n) is 10.8. The molecule has 1 aliphatic carbocycles. The molecule has 1 unspecified atom stereocenters. The third-order valence-electron chi connectivity index (χ3n) is 6.10. The number of benzene rings is 1. The highest BCUT2D eigenvalue weighted by atomic mass is 16.2. The predicted molar refractivity (Wildman–Crippen MR) is 120 cm³/mol. The van der Waals surface area contributed by atoms with Crippen molar-refractivity contribution in [3.63, 3.8) is 0 Å². The second kappa shape index (κ2) is 8.88. The molecule has 0 radical (unpaired) electrons. The number of hydrogen-bond donors (Lipinski definition) is 0. The molecule has 162 valence electrons. The van der Waals surface area contributed by atoms with Crippen LogP contribution in [0.5, 0.6) is 0 Å². The fraction of sp³-hybridized carbons (Fsp3) is 0.417. The summed E-state index contributed by atoms with van der Waals surface area (Å²) in [6.07, 6.45) is 7.77. The number of hydrogen-bond acceptors (Lipinski definition) is 4. The summed E-state index contributed by atoms with van der Waals surface area (Å²) in [4.78, 5) is 46.9. The van der Waals surface area contributed by atoms with Crippen molar-refractivity contribution >= 4 is 29.2 Å². The van der Waals surface area contributed by atoms with E-state index in [-0.39, 0.29) is 18.4 Å². The Bertz CT molecular complexity index is 987. The van der Waals surface area contributed by atoms with Crippen LogP contribution in [-0.4, -0.2) is 66.1 Å². The maximum Gasteiger partial charge on any atom is 0.350 e. The first kappa shape index (κ1) is 21.0. The number of piperazine rings is 1. The average Bonchev–Trinajstić information content (AvgIpc) is 2.77. The van der Waals surface area contributed by atoms with E-state index in [1.807, 2.05) is 4.90 Å². The Kier molecular flexibility index (Phi) is 6.02. The summed E-state index contributed by atoms with van der Waals surface area (Å²) in [6.45, 7) is 7.39. The van der Waals surface area contributed by atoms with Crippen LogP contribution in [0.4, 0.5) is 10.5 Å². The van der Waals surface area contributed by atoms with E-state index in [1.165, 1.54) is 21.7 Å². The van der Waals surface area contributed by atoms with Crippen LogP contribution >= 0.6 is 0 Å². The van der Waals surface area contributed by atoms with Gasteiger partial charge in [0.05, 0.1) is 11.6 Å². The molecule has 0 aromatic heterocycles. The normalized spacial score (nSPS) is 20.8. The minimum atomic E-state index is -0.536. The number of imide groups is 1. The zero-order chi connectivity index (χ0) is 22.0. The van der Waals surface area contributed by atoms with Gasteiger partial charge in [0.25, 0.3) is 0 Å². The van der Waals surface area contributed by atoms with Gasteiger partial charge in [-0.15, -0.1) is 0 Å². The highest BCUT2D eigenvalue weighted by Crippen LogP contribution is 2.23. The Morgan fingerprint density at radius 1 is 1.10 bits per heavy atom. The number of allylic oxidation sites excluding steroid dienone is 3. The number of aliphatic imine (C=N–C) groups is 1. The summed E-state index contributed by atoms with van der Waals surface area (Å²) >= 11 is 0. The standard InChI is InChI=1S/C24H28N4O3/c1-17-9-10-18(2)21(16-17)26-12-14-27(15-13-26)22(29)8-5-11-28-23(30)19-6-3-4-7-20(19)25-24(28)31/h3-4,6-7,9-10,16,19H,5,8,11-15H2,1-2H3. The lowest BCUT2D eigenvalue weighted by Crippen LogP contribution is -2.49. The molecule has 0 N–H and O–H groups in total. The molecule has 0 bridgehead atoms. The quantitative estimate of drug-likeness (QED) is 0.734. The number of carbonyl (C=O) groups is 3. The van der Waals surface area contributed by atoms with E-state index in [4.69, 9.17) is 0 Å². The summed E-state index contributed by atoms with van der Waals surface area (Å²) in [5, 5.41) is 0. The molecule has 7 nitrogen and oxygen atoms in total. The van der Waals surface area contributed by atoms with E-state index in [0.717, 1.165) is 13.1 Å². The van der Waals surface area contributed by atoms with Crippen LogP contribution in [0.3, 0.4) is 0 Å². The predicted octanol–water partition coefficient (Wildman–Crippen LogP) is 2.88. The van der Waals surface area contributed by atoms with E-state index in [9.17, 15) is 14.4 Å². The second-order valence-electron chi connectivity index (χ2n) is 8.29. The van der Waals surface area contributed by atoms with E-state index < -0.39 is 11.9 Å². The molecule has 0 spiro atoms. The summed E-state index contributed by atoms with van der Waals surface area (Å²) in [5.74, 6) is -0.677. The molecule has 3 aliphatic rings. The van der Waals surface area contributed by atoms with Crippen LogP contribution in [0.15, 0.2) is 47.5 Å². The fourth-order valence-electron chi connectivity index (χ4n) is 4.29. The molecule has 4 rings (SSSR count). The third kappa shape index (κ3) is 4.45. The number of rotatable bonds is 5. The number of urea groups is 1.